The zero-order valence-corrected chi connectivity index (χ0v) is 11.2. The molecule has 0 saturated heterocycles. The lowest BCUT2D eigenvalue weighted by molar-refractivity contribution is 0.104. The number of benzene rings is 2. The van der Waals surface area contributed by atoms with Crippen LogP contribution < -0.4 is 5.73 Å². The number of aromatic nitrogens is 1. The summed E-state index contributed by atoms with van der Waals surface area (Å²) in [5, 5.41) is 0.584. The van der Waals surface area contributed by atoms with E-state index in [4.69, 9.17) is 5.73 Å². The molecule has 21 heavy (non-hydrogen) atoms. The highest BCUT2D eigenvalue weighted by Gasteiger charge is 2.17. The van der Waals surface area contributed by atoms with Gasteiger partial charge < -0.3 is 10.7 Å². The average Bonchev–Trinajstić information content (AvgIpc) is 2.86. The topological polar surface area (TPSA) is 58.9 Å². The quantitative estimate of drug-likeness (QED) is 0.559. The van der Waals surface area contributed by atoms with Gasteiger partial charge in [0.25, 0.3) is 0 Å². The van der Waals surface area contributed by atoms with Gasteiger partial charge in [-0.1, -0.05) is 0 Å². The zero-order valence-electron chi connectivity index (χ0n) is 11.2. The maximum Gasteiger partial charge on any atom is 0.195 e. The molecule has 1 aromatic heterocycles. The third-order valence-electron chi connectivity index (χ3n) is 3.54. The van der Waals surface area contributed by atoms with Gasteiger partial charge in [0, 0.05) is 39.5 Å². The van der Waals surface area contributed by atoms with Crippen LogP contribution in [0.1, 0.15) is 21.5 Å². The number of fused-ring (bicyclic) bond motifs is 1. The summed E-state index contributed by atoms with van der Waals surface area (Å²) in [7, 11) is 0. The molecule has 2 aromatic carbocycles. The average molecular weight is 286 g/mol. The van der Waals surface area contributed by atoms with Crippen molar-refractivity contribution in [2.75, 3.05) is 5.73 Å². The van der Waals surface area contributed by atoms with E-state index in [1.54, 1.807) is 6.92 Å². The van der Waals surface area contributed by atoms with E-state index in [-0.39, 0.29) is 17.0 Å². The fraction of sp³-hybridized carbons (Fsp3) is 0.0625. The molecule has 3 nitrogen and oxygen atoms in total. The predicted octanol–water partition coefficient (Wildman–Crippen LogP) is 3.57. The van der Waals surface area contributed by atoms with E-state index in [1.165, 1.54) is 30.5 Å². The van der Waals surface area contributed by atoms with Crippen LogP contribution in [-0.4, -0.2) is 10.8 Å². The summed E-state index contributed by atoms with van der Waals surface area (Å²) in [4.78, 5) is 15.3. The molecule has 0 bridgehead atoms. The van der Waals surface area contributed by atoms with Gasteiger partial charge in [0.1, 0.15) is 11.6 Å². The Morgan fingerprint density at radius 2 is 1.95 bits per heavy atom. The monoisotopic (exact) mass is 286 g/mol. The van der Waals surface area contributed by atoms with Gasteiger partial charge in [-0.2, -0.15) is 0 Å². The molecule has 5 heteroatoms. The first-order valence-electron chi connectivity index (χ1n) is 6.34. The fourth-order valence-corrected chi connectivity index (χ4v) is 2.27. The predicted molar refractivity (Wildman–Crippen MR) is 77.2 cm³/mol. The molecule has 1 heterocycles. The van der Waals surface area contributed by atoms with Crippen molar-refractivity contribution in [3.8, 4) is 0 Å². The summed E-state index contributed by atoms with van der Waals surface area (Å²) in [5.74, 6) is -1.28. The van der Waals surface area contributed by atoms with Crippen molar-refractivity contribution in [3.63, 3.8) is 0 Å². The van der Waals surface area contributed by atoms with Crippen molar-refractivity contribution >= 4 is 22.4 Å². The van der Waals surface area contributed by atoms with Crippen LogP contribution >= 0.6 is 0 Å². The zero-order chi connectivity index (χ0) is 15.1. The van der Waals surface area contributed by atoms with Crippen LogP contribution in [-0.2, 0) is 0 Å². The Morgan fingerprint density at radius 3 is 2.67 bits per heavy atom. The van der Waals surface area contributed by atoms with Gasteiger partial charge in [0.2, 0.25) is 0 Å². The molecule has 3 rings (SSSR count). The summed E-state index contributed by atoms with van der Waals surface area (Å²) in [6, 6.07) is 6.70. The molecule has 106 valence electrons. The minimum atomic E-state index is -0.524. The van der Waals surface area contributed by atoms with E-state index in [9.17, 15) is 13.6 Å². The van der Waals surface area contributed by atoms with Gasteiger partial charge >= 0.3 is 0 Å². The van der Waals surface area contributed by atoms with E-state index in [2.05, 4.69) is 4.98 Å². The standard InChI is InChI=1S/C16H12F2N2O/c1-8-13(18)4-9(5-14(8)19)16(21)12-7-20-15-6-10(17)2-3-11(12)15/h2-7,20H,19H2,1H3. The minimum Gasteiger partial charge on any atom is -0.398 e. The van der Waals surface area contributed by atoms with Gasteiger partial charge in [0.05, 0.1) is 0 Å². The summed E-state index contributed by atoms with van der Waals surface area (Å²) >= 11 is 0. The number of halogens is 2. The molecule has 0 aliphatic rings. The number of anilines is 1. The molecular formula is C16H12F2N2O. The summed E-state index contributed by atoms with van der Waals surface area (Å²) in [6.45, 7) is 1.55. The highest BCUT2D eigenvalue weighted by Crippen LogP contribution is 2.24. The number of H-pyrrole nitrogens is 1. The molecule has 0 aliphatic heterocycles. The Kier molecular flexibility index (Phi) is 2.97. The minimum absolute atomic E-state index is 0.167. The molecule has 0 unspecified atom stereocenters. The summed E-state index contributed by atoms with van der Waals surface area (Å²) in [5.41, 5.74) is 7.27. The molecule has 0 amide bonds. The molecule has 0 fully saturated rings. The number of rotatable bonds is 2. The largest absolute Gasteiger partial charge is 0.398 e. The highest BCUT2D eigenvalue weighted by atomic mass is 19.1. The van der Waals surface area contributed by atoms with E-state index in [0.29, 0.717) is 22.0 Å². The number of hydrogen-bond acceptors (Lipinski definition) is 2. The Balaban J connectivity index is 2.13. The Bertz CT molecular complexity index is 845. The smallest absolute Gasteiger partial charge is 0.195 e. The second-order valence-electron chi connectivity index (χ2n) is 4.89. The van der Waals surface area contributed by atoms with Gasteiger partial charge in [-0.15, -0.1) is 0 Å². The SMILES string of the molecule is Cc1c(N)cc(C(=O)c2c[nH]c3cc(F)ccc23)cc1F. The lowest BCUT2D eigenvalue weighted by Crippen LogP contribution is -2.04. The number of nitrogens with two attached hydrogens (primary N) is 1. The van der Waals surface area contributed by atoms with E-state index in [0.717, 1.165) is 6.07 Å². The van der Waals surface area contributed by atoms with Gasteiger partial charge in [0.15, 0.2) is 5.78 Å². The first-order valence-corrected chi connectivity index (χ1v) is 6.34. The Labute approximate surface area is 119 Å². The number of carbonyl (C=O) groups excluding carboxylic acids is 1. The fourth-order valence-electron chi connectivity index (χ4n) is 2.27. The van der Waals surface area contributed by atoms with Crippen molar-refractivity contribution in [2.45, 2.75) is 6.92 Å². The number of nitrogen functional groups attached to an aromatic ring is 1. The molecule has 0 atom stereocenters. The van der Waals surface area contributed by atoms with Crippen molar-refractivity contribution < 1.29 is 13.6 Å². The first-order chi connectivity index (χ1) is 9.97. The normalized spacial score (nSPS) is 11.0. The molecular weight excluding hydrogens is 274 g/mol. The summed E-state index contributed by atoms with van der Waals surface area (Å²) in [6.07, 6.45) is 1.49. The van der Waals surface area contributed by atoms with Crippen LogP contribution in [0.2, 0.25) is 0 Å². The number of aromatic amines is 1. The van der Waals surface area contributed by atoms with Crippen molar-refractivity contribution in [3.05, 3.63) is 64.9 Å². The molecule has 0 saturated carbocycles. The second-order valence-corrected chi connectivity index (χ2v) is 4.89. The van der Waals surface area contributed by atoms with Gasteiger partial charge in [-0.25, -0.2) is 8.78 Å². The number of hydrogen-bond donors (Lipinski definition) is 2. The van der Waals surface area contributed by atoms with Crippen LogP contribution in [0.5, 0.6) is 0 Å². The van der Waals surface area contributed by atoms with Crippen LogP contribution in [0.4, 0.5) is 14.5 Å². The summed E-state index contributed by atoms with van der Waals surface area (Å²) < 4.78 is 26.9. The highest BCUT2D eigenvalue weighted by molar-refractivity contribution is 6.16. The van der Waals surface area contributed by atoms with Crippen LogP contribution in [0.15, 0.2) is 36.5 Å². The third kappa shape index (κ3) is 2.16. The molecule has 0 spiro atoms. The first kappa shape index (κ1) is 13.3. The van der Waals surface area contributed by atoms with Gasteiger partial charge in [-0.05, 0) is 37.3 Å². The molecule has 3 aromatic rings. The number of nitrogens with one attached hydrogen (secondary N) is 1. The number of ketones is 1. The Hall–Kier alpha value is -2.69. The van der Waals surface area contributed by atoms with Crippen molar-refractivity contribution in [1.82, 2.24) is 4.98 Å². The van der Waals surface area contributed by atoms with Crippen LogP contribution in [0.3, 0.4) is 0 Å². The molecule has 0 radical (unpaired) electrons. The maximum atomic E-state index is 13.7. The van der Waals surface area contributed by atoms with Crippen LogP contribution in [0.25, 0.3) is 10.9 Å². The lowest BCUT2D eigenvalue weighted by Gasteiger charge is -2.05. The van der Waals surface area contributed by atoms with E-state index >= 15 is 0 Å². The van der Waals surface area contributed by atoms with E-state index < -0.39 is 11.6 Å². The third-order valence-corrected chi connectivity index (χ3v) is 3.54. The van der Waals surface area contributed by atoms with Crippen molar-refractivity contribution in [2.24, 2.45) is 0 Å². The Morgan fingerprint density at radius 1 is 1.19 bits per heavy atom. The molecule has 3 N–H and O–H groups in total. The lowest BCUT2D eigenvalue weighted by atomic mass is 10.0. The molecule has 0 aliphatic carbocycles. The number of carbonyl (C=O) groups is 1. The van der Waals surface area contributed by atoms with Gasteiger partial charge in [-0.3, -0.25) is 4.79 Å². The second kappa shape index (κ2) is 4.70. The maximum absolute atomic E-state index is 13.7. The van der Waals surface area contributed by atoms with Crippen LogP contribution in [0, 0.1) is 18.6 Å². The van der Waals surface area contributed by atoms with Crippen molar-refractivity contribution in [1.29, 1.82) is 0 Å². The van der Waals surface area contributed by atoms with E-state index in [1.807, 2.05) is 0 Å².